The lowest BCUT2D eigenvalue weighted by atomic mass is 10.1. The van der Waals surface area contributed by atoms with Crippen LogP contribution in [0.5, 0.6) is 0 Å². The fourth-order valence-corrected chi connectivity index (χ4v) is 2.36. The van der Waals surface area contributed by atoms with E-state index in [-0.39, 0.29) is 0 Å². The zero-order valence-corrected chi connectivity index (χ0v) is 10.7. The molecule has 2 aromatic heterocycles. The summed E-state index contributed by atoms with van der Waals surface area (Å²) in [5, 5.41) is 5.08. The van der Waals surface area contributed by atoms with Crippen LogP contribution in [0.25, 0.3) is 22.2 Å². The summed E-state index contributed by atoms with van der Waals surface area (Å²) in [5.74, 6) is 0.668. The fraction of sp³-hybridized carbons (Fsp3) is 0.214. The van der Waals surface area contributed by atoms with Gasteiger partial charge in [-0.2, -0.15) is 0 Å². The fourth-order valence-electron chi connectivity index (χ4n) is 2.36. The molecule has 3 rings (SSSR count). The van der Waals surface area contributed by atoms with E-state index in [1.807, 2.05) is 26.1 Å². The molecule has 0 atom stereocenters. The van der Waals surface area contributed by atoms with E-state index in [0.29, 0.717) is 11.4 Å². The number of hydrogen-bond acceptors (Lipinski definition) is 3. The van der Waals surface area contributed by atoms with Gasteiger partial charge >= 0.3 is 0 Å². The largest absolute Gasteiger partial charge is 0.394 e. The van der Waals surface area contributed by atoms with Gasteiger partial charge in [0.2, 0.25) is 0 Å². The number of para-hydroxylation sites is 1. The second-order valence-electron chi connectivity index (χ2n) is 4.55. The number of hydrogen-bond donors (Lipinski definition) is 1. The van der Waals surface area contributed by atoms with Gasteiger partial charge in [0.25, 0.3) is 0 Å². The SMILES string of the molecule is Cc1noc(-c2c(C)n(C)c3ccccc23)c1N. The Morgan fingerprint density at radius 1 is 1.22 bits per heavy atom. The molecule has 3 aromatic rings. The van der Waals surface area contributed by atoms with E-state index < -0.39 is 0 Å². The van der Waals surface area contributed by atoms with Gasteiger partial charge in [-0.05, 0) is 19.9 Å². The monoisotopic (exact) mass is 241 g/mol. The van der Waals surface area contributed by atoms with Crippen LogP contribution >= 0.6 is 0 Å². The van der Waals surface area contributed by atoms with Gasteiger partial charge in [0.1, 0.15) is 11.4 Å². The Morgan fingerprint density at radius 2 is 1.94 bits per heavy atom. The minimum absolute atomic E-state index is 0.620. The number of anilines is 1. The second-order valence-corrected chi connectivity index (χ2v) is 4.55. The van der Waals surface area contributed by atoms with Crippen LogP contribution in [0.4, 0.5) is 5.69 Å². The maximum atomic E-state index is 6.04. The first-order chi connectivity index (χ1) is 8.61. The number of nitrogens with two attached hydrogens (primary N) is 1. The Morgan fingerprint density at radius 3 is 2.61 bits per heavy atom. The van der Waals surface area contributed by atoms with Crippen LogP contribution in [0.1, 0.15) is 11.4 Å². The normalized spacial score (nSPS) is 11.3. The molecule has 2 N–H and O–H groups in total. The second kappa shape index (κ2) is 3.63. The molecule has 4 nitrogen and oxygen atoms in total. The van der Waals surface area contributed by atoms with Gasteiger partial charge in [-0.15, -0.1) is 0 Å². The lowest BCUT2D eigenvalue weighted by Gasteiger charge is -1.99. The first-order valence-electron chi connectivity index (χ1n) is 5.87. The minimum atomic E-state index is 0.620. The van der Waals surface area contributed by atoms with Crippen molar-refractivity contribution in [1.82, 2.24) is 9.72 Å². The van der Waals surface area contributed by atoms with Gasteiger partial charge in [-0.3, -0.25) is 0 Å². The van der Waals surface area contributed by atoms with Gasteiger partial charge < -0.3 is 14.8 Å². The zero-order chi connectivity index (χ0) is 12.9. The molecular formula is C14H15N3O. The van der Waals surface area contributed by atoms with E-state index in [9.17, 15) is 0 Å². The highest BCUT2D eigenvalue weighted by atomic mass is 16.5. The van der Waals surface area contributed by atoms with Crippen molar-refractivity contribution in [3.8, 4) is 11.3 Å². The number of aryl methyl sites for hydroxylation is 2. The zero-order valence-electron chi connectivity index (χ0n) is 10.7. The molecule has 0 aliphatic heterocycles. The van der Waals surface area contributed by atoms with Crippen LogP contribution in [-0.2, 0) is 7.05 Å². The van der Waals surface area contributed by atoms with Crippen LogP contribution in [0.15, 0.2) is 28.8 Å². The van der Waals surface area contributed by atoms with Gasteiger partial charge in [-0.1, -0.05) is 23.4 Å². The lowest BCUT2D eigenvalue weighted by Crippen LogP contribution is -1.92. The molecule has 0 unspecified atom stereocenters. The van der Waals surface area contributed by atoms with Crippen molar-refractivity contribution >= 4 is 16.6 Å². The van der Waals surface area contributed by atoms with Crippen LogP contribution in [0.3, 0.4) is 0 Å². The molecule has 1 aromatic carbocycles. The van der Waals surface area contributed by atoms with Crippen molar-refractivity contribution in [1.29, 1.82) is 0 Å². The van der Waals surface area contributed by atoms with E-state index in [1.165, 1.54) is 5.52 Å². The standard InChI is InChI=1S/C14H15N3O/c1-8-13(15)14(18-16-8)12-9(2)17(3)11-7-5-4-6-10(11)12/h4-7H,15H2,1-3H3. The van der Waals surface area contributed by atoms with Crippen molar-refractivity contribution in [2.45, 2.75) is 13.8 Å². The molecule has 0 spiro atoms. The van der Waals surface area contributed by atoms with E-state index in [4.69, 9.17) is 10.3 Å². The molecule has 0 saturated carbocycles. The molecule has 0 aliphatic rings. The topological polar surface area (TPSA) is 57.0 Å². The Hall–Kier alpha value is -2.23. The molecule has 18 heavy (non-hydrogen) atoms. The average molecular weight is 241 g/mol. The Balaban J connectivity index is 2.42. The third kappa shape index (κ3) is 1.29. The van der Waals surface area contributed by atoms with Crippen molar-refractivity contribution in [3.05, 3.63) is 35.7 Å². The number of rotatable bonds is 1. The Kier molecular flexibility index (Phi) is 2.20. The summed E-state index contributed by atoms with van der Waals surface area (Å²) in [4.78, 5) is 0. The highest BCUT2D eigenvalue weighted by Gasteiger charge is 2.20. The quantitative estimate of drug-likeness (QED) is 0.712. The lowest BCUT2D eigenvalue weighted by molar-refractivity contribution is 0.427. The minimum Gasteiger partial charge on any atom is -0.394 e. The Labute approximate surface area is 105 Å². The molecule has 0 aliphatic carbocycles. The maximum Gasteiger partial charge on any atom is 0.192 e. The highest BCUT2D eigenvalue weighted by Crippen LogP contribution is 2.37. The third-order valence-electron chi connectivity index (χ3n) is 3.53. The molecule has 92 valence electrons. The van der Waals surface area contributed by atoms with E-state index in [2.05, 4.69) is 28.8 Å². The van der Waals surface area contributed by atoms with Crippen molar-refractivity contribution in [3.63, 3.8) is 0 Å². The van der Waals surface area contributed by atoms with Crippen LogP contribution in [0.2, 0.25) is 0 Å². The first-order valence-corrected chi connectivity index (χ1v) is 5.87. The molecule has 4 heteroatoms. The number of nitrogen functional groups attached to an aromatic ring is 1. The molecule has 0 radical (unpaired) electrons. The molecule has 0 fully saturated rings. The van der Waals surface area contributed by atoms with Gasteiger partial charge in [0, 0.05) is 23.6 Å². The highest BCUT2D eigenvalue weighted by molar-refractivity contribution is 5.99. The molecular weight excluding hydrogens is 226 g/mol. The van der Waals surface area contributed by atoms with E-state index in [0.717, 1.165) is 22.3 Å². The van der Waals surface area contributed by atoms with Crippen molar-refractivity contribution in [2.75, 3.05) is 5.73 Å². The average Bonchev–Trinajstić information content (AvgIpc) is 2.82. The Bertz CT molecular complexity index is 737. The summed E-state index contributed by atoms with van der Waals surface area (Å²) < 4.78 is 7.54. The molecule has 0 bridgehead atoms. The third-order valence-corrected chi connectivity index (χ3v) is 3.53. The summed E-state index contributed by atoms with van der Waals surface area (Å²) in [7, 11) is 2.04. The van der Waals surface area contributed by atoms with Gasteiger partial charge in [0.15, 0.2) is 5.76 Å². The van der Waals surface area contributed by atoms with Crippen molar-refractivity contribution in [2.24, 2.45) is 7.05 Å². The van der Waals surface area contributed by atoms with Crippen molar-refractivity contribution < 1.29 is 4.52 Å². The molecule has 0 saturated heterocycles. The number of nitrogens with zero attached hydrogens (tertiary/aromatic N) is 2. The van der Waals surface area contributed by atoms with Gasteiger partial charge in [-0.25, -0.2) is 0 Å². The van der Waals surface area contributed by atoms with Crippen LogP contribution in [0, 0.1) is 13.8 Å². The number of fused-ring (bicyclic) bond motifs is 1. The summed E-state index contributed by atoms with van der Waals surface area (Å²) in [6.07, 6.45) is 0. The summed E-state index contributed by atoms with van der Waals surface area (Å²) in [6, 6.07) is 8.21. The number of benzene rings is 1. The van der Waals surface area contributed by atoms with Crippen LogP contribution < -0.4 is 5.73 Å². The first kappa shape index (κ1) is 10.9. The van der Waals surface area contributed by atoms with Gasteiger partial charge in [0.05, 0.1) is 5.56 Å². The van der Waals surface area contributed by atoms with Crippen LogP contribution in [-0.4, -0.2) is 9.72 Å². The molecule has 2 heterocycles. The van der Waals surface area contributed by atoms with E-state index in [1.54, 1.807) is 0 Å². The smallest absolute Gasteiger partial charge is 0.192 e. The maximum absolute atomic E-state index is 6.04. The summed E-state index contributed by atoms with van der Waals surface area (Å²) in [6.45, 7) is 3.91. The predicted molar refractivity (Wildman–Crippen MR) is 72.3 cm³/mol. The van der Waals surface area contributed by atoms with E-state index >= 15 is 0 Å². The summed E-state index contributed by atoms with van der Waals surface area (Å²) in [5.41, 5.74) is 10.7. The number of aromatic nitrogens is 2. The summed E-state index contributed by atoms with van der Waals surface area (Å²) >= 11 is 0. The molecule has 0 amide bonds. The predicted octanol–water partition coefficient (Wildman–Crippen LogP) is 3.03.